The molecule has 0 saturated carbocycles. The lowest BCUT2D eigenvalue weighted by Crippen LogP contribution is -1.95. The Bertz CT molecular complexity index is 600. The van der Waals surface area contributed by atoms with Crippen molar-refractivity contribution in [1.82, 2.24) is 0 Å². The third kappa shape index (κ3) is 2.42. The lowest BCUT2D eigenvalue weighted by atomic mass is 10.0. The van der Waals surface area contributed by atoms with Crippen molar-refractivity contribution < 1.29 is 15.0 Å². The first-order valence-corrected chi connectivity index (χ1v) is 5.76. The summed E-state index contributed by atoms with van der Waals surface area (Å²) in [5, 5.41) is 18.6. The first-order chi connectivity index (χ1) is 8.49. The molecule has 2 N–H and O–H groups in total. The molecule has 0 spiro atoms. The molecule has 3 nitrogen and oxygen atoms in total. The van der Waals surface area contributed by atoms with E-state index in [1.165, 1.54) is 24.3 Å². The van der Waals surface area contributed by atoms with E-state index in [1.54, 1.807) is 12.1 Å². The van der Waals surface area contributed by atoms with Gasteiger partial charge in [-0.05, 0) is 35.4 Å². The van der Waals surface area contributed by atoms with Gasteiger partial charge in [-0.1, -0.05) is 35.3 Å². The predicted molar refractivity (Wildman–Crippen MR) is 70.5 cm³/mol. The SMILES string of the molecule is O=C(O)c1cccc(-c2cc(Cl)c(O)c(Cl)c2)c1. The molecular formula is C13H8Cl2O3. The topological polar surface area (TPSA) is 57.5 Å². The fourth-order valence-electron chi connectivity index (χ4n) is 1.56. The van der Waals surface area contributed by atoms with Crippen molar-refractivity contribution in [2.24, 2.45) is 0 Å². The third-order valence-electron chi connectivity index (χ3n) is 2.46. The number of carbonyl (C=O) groups is 1. The zero-order chi connectivity index (χ0) is 13.3. The molecule has 92 valence electrons. The van der Waals surface area contributed by atoms with E-state index >= 15 is 0 Å². The summed E-state index contributed by atoms with van der Waals surface area (Å²) in [5.41, 5.74) is 1.48. The van der Waals surface area contributed by atoms with Crippen LogP contribution in [0.2, 0.25) is 10.0 Å². The summed E-state index contributed by atoms with van der Waals surface area (Å²) in [6.07, 6.45) is 0. The van der Waals surface area contributed by atoms with Crippen molar-refractivity contribution in [1.29, 1.82) is 0 Å². The van der Waals surface area contributed by atoms with Crippen molar-refractivity contribution in [3.05, 3.63) is 52.0 Å². The fourth-order valence-corrected chi connectivity index (χ4v) is 2.05. The molecule has 0 saturated heterocycles. The summed E-state index contributed by atoms with van der Waals surface area (Å²) in [4.78, 5) is 10.9. The van der Waals surface area contributed by atoms with E-state index in [-0.39, 0.29) is 21.4 Å². The van der Waals surface area contributed by atoms with Gasteiger partial charge < -0.3 is 10.2 Å². The highest BCUT2D eigenvalue weighted by Gasteiger charge is 2.10. The standard InChI is InChI=1S/C13H8Cl2O3/c14-10-5-9(6-11(15)12(10)16)7-2-1-3-8(4-7)13(17)18/h1-6,16H,(H,17,18). The van der Waals surface area contributed by atoms with Gasteiger partial charge in [-0.3, -0.25) is 0 Å². The molecule has 18 heavy (non-hydrogen) atoms. The number of phenols is 1. The Morgan fingerprint density at radius 1 is 1.00 bits per heavy atom. The van der Waals surface area contributed by atoms with Crippen molar-refractivity contribution in [3.63, 3.8) is 0 Å². The summed E-state index contributed by atoms with van der Waals surface area (Å²) in [6.45, 7) is 0. The van der Waals surface area contributed by atoms with Gasteiger partial charge in [-0.2, -0.15) is 0 Å². The lowest BCUT2D eigenvalue weighted by Gasteiger charge is -2.06. The van der Waals surface area contributed by atoms with Gasteiger partial charge in [0.2, 0.25) is 0 Å². The van der Waals surface area contributed by atoms with Crippen LogP contribution in [0.3, 0.4) is 0 Å². The molecule has 2 aromatic rings. The highest BCUT2D eigenvalue weighted by atomic mass is 35.5. The highest BCUT2D eigenvalue weighted by Crippen LogP contribution is 2.36. The molecule has 0 aromatic heterocycles. The minimum Gasteiger partial charge on any atom is -0.505 e. The van der Waals surface area contributed by atoms with Crippen molar-refractivity contribution in [2.45, 2.75) is 0 Å². The second kappa shape index (κ2) is 4.88. The van der Waals surface area contributed by atoms with E-state index in [9.17, 15) is 9.90 Å². The minimum atomic E-state index is -1.01. The van der Waals surface area contributed by atoms with Gasteiger partial charge in [0.05, 0.1) is 15.6 Å². The molecule has 0 heterocycles. The zero-order valence-electron chi connectivity index (χ0n) is 9.02. The maximum absolute atomic E-state index is 10.9. The summed E-state index contributed by atoms with van der Waals surface area (Å²) in [6, 6.07) is 9.45. The molecule has 0 radical (unpaired) electrons. The van der Waals surface area contributed by atoms with Crippen LogP contribution in [0.1, 0.15) is 10.4 Å². The van der Waals surface area contributed by atoms with Gasteiger partial charge in [0, 0.05) is 0 Å². The van der Waals surface area contributed by atoms with E-state index in [4.69, 9.17) is 28.3 Å². The smallest absolute Gasteiger partial charge is 0.335 e. The molecule has 0 atom stereocenters. The normalized spacial score (nSPS) is 10.3. The molecular weight excluding hydrogens is 275 g/mol. The Labute approximate surface area is 113 Å². The summed E-state index contributed by atoms with van der Waals surface area (Å²) >= 11 is 11.6. The molecule has 0 aliphatic heterocycles. The number of halogens is 2. The average molecular weight is 283 g/mol. The molecule has 0 aliphatic carbocycles. The molecule has 0 bridgehead atoms. The summed E-state index contributed by atoms with van der Waals surface area (Å²) in [7, 11) is 0. The first kappa shape index (κ1) is 12.7. The molecule has 0 fully saturated rings. The zero-order valence-corrected chi connectivity index (χ0v) is 10.5. The Morgan fingerprint density at radius 2 is 1.61 bits per heavy atom. The fraction of sp³-hybridized carbons (Fsp3) is 0. The maximum Gasteiger partial charge on any atom is 0.335 e. The van der Waals surface area contributed by atoms with Gasteiger partial charge in [0.15, 0.2) is 5.75 Å². The van der Waals surface area contributed by atoms with Crippen molar-refractivity contribution >= 4 is 29.2 Å². The van der Waals surface area contributed by atoms with Gasteiger partial charge in [-0.15, -0.1) is 0 Å². The molecule has 2 aromatic carbocycles. The number of carboxylic acid groups (broad SMARTS) is 1. The van der Waals surface area contributed by atoms with Crippen molar-refractivity contribution in [2.75, 3.05) is 0 Å². The third-order valence-corrected chi connectivity index (χ3v) is 3.04. The summed E-state index contributed by atoms with van der Waals surface area (Å²) < 4.78 is 0. The van der Waals surface area contributed by atoms with Crippen molar-refractivity contribution in [3.8, 4) is 16.9 Å². The number of carboxylic acids is 1. The first-order valence-electron chi connectivity index (χ1n) is 5.01. The van der Waals surface area contributed by atoms with Gasteiger partial charge in [0.25, 0.3) is 0 Å². The molecule has 0 aliphatic rings. The monoisotopic (exact) mass is 282 g/mol. The van der Waals surface area contributed by atoms with E-state index in [0.29, 0.717) is 11.1 Å². The molecule has 2 rings (SSSR count). The Balaban J connectivity index is 2.55. The number of hydrogen-bond acceptors (Lipinski definition) is 2. The van der Waals surface area contributed by atoms with E-state index in [2.05, 4.69) is 0 Å². The average Bonchev–Trinajstić information content (AvgIpc) is 2.35. The second-order valence-electron chi connectivity index (χ2n) is 3.67. The van der Waals surface area contributed by atoms with Crippen LogP contribution in [0.25, 0.3) is 11.1 Å². The second-order valence-corrected chi connectivity index (χ2v) is 4.49. The Hall–Kier alpha value is -1.71. The number of phenolic OH excluding ortho intramolecular Hbond substituents is 1. The predicted octanol–water partition coefficient (Wildman–Crippen LogP) is 4.06. The van der Waals surface area contributed by atoms with Crippen LogP contribution in [-0.4, -0.2) is 16.2 Å². The quantitative estimate of drug-likeness (QED) is 0.873. The van der Waals surface area contributed by atoms with Gasteiger partial charge >= 0.3 is 5.97 Å². The minimum absolute atomic E-state index is 0.123. The number of hydrogen-bond donors (Lipinski definition) is 2. The van der Waals surface area contributed by atoms with E-state index in [0.717, 1.165) is 0 Å². The Kier molecular flexibility index (Phi) is 3.45. The van der Waals surface area contributed by atoms with Gasteiger partial charge in [0.1, 0.15) is 0 Å². The van der Waals surface area contributed by atoms with Crippen LogP contribution >= 0.6 is 23.2 Å². The van der Waals surface area contributed by atoms with E-state index < -0.39 is 5.97 Å². The lowest BCUT2D eigenvalue weighted by molar-refractivity contribution is 0.0697. The largest absolute Gasteiger partial charge is 0.505 e. The molecule has 5 heteroatoms. The van der Waals surface area contributed by atoms with Crippen LogP contribution in [0, 0.1) is 0 Å². The highest BCUT2D eigenvalue weighted by molar-refractivity contribution is 6.37. The Morgan fingerprint density at radius 3 is 2.17 bits per heavy atom. The van der Waals surface area contributed by atoms with Crippen LogP contribution < -0.4 is 0 Å². The molecule has 0 unspecified atom stereocenters. The van der Waals surface area contributed by atoms with Crippen LogP contribution in [0.15, 0.2) is 36.4 Å². The number of aromatic hydroxyl groups is 1. The molecule has 0 amide bonds. The number of benzene rings is 2. The van der Waals surface area contributed by atoms with Crippen LogP contribution in [0.5, 0.6) is 5.75 Å². The maximum atomic E-state index is 10.9. The van der Waals surface area contributed by atoms with Gasteiger partial charge in [-0.25, -0.2) is 4.79 Å². The van der Waals surface area contributed by atoms with E-state index in [1.807, 2.05) is 0 Å². The van der Waals surface area contributed by atoms with Crippen LogP contribution in [-0.2, 0) is 0 Å². The van der Waals surface area contributed by atoms with Crippen LogP contribution in [0.4, 0.5) is 0 Å². The number of rotatable bonds is 2. The number of aromatic carboxylic acids is 1. The summed E-state index contributed by atoms with van der Waals surface area (Å²) in [5.74, 6) is -1.19.